The van der Waals surface area contributed by atoms with E-state index in [9.17, 15) is 14.7 Å². The molecule has 124 valence electrons. The number of amides is 1. The van der Waals surface area contributed by atoms with Crippen molar-refractivity contribution in [2.45, 2.75) is 12.8 Å². The molecule has 0 bridgehead atoms. The molecule has 0 spiro atoms. The molecule has 1 aliphatic rings. The number of hydrogen-bond donors (Lipinski definition) is 1. The second-order valence-electron chi connectivity index (χ2n) is 6.18. The maximum Gasteiger partial charge on any atom is 0.308 e. The molecule has 1 aliphatic heterocycles. The molecule has 1 amide bonds. The van der Waals surface area contributed by atoms with Gasteiger partial charge in [-0.05, 0) is 36.8 Å². The second kappa shape index (κ2) is 6.65. The predicted molar refractivity (Wildman–Crippen MR) is 92.4 cm³/mol. The molecule has 1 saturated heterocycles. The van der Waals surface area contributed by atoms with Crippen LogP contribution >= 0.6 is 11.6 Å². The summed E-state index contributed by atoms with van der Waals surface area (Å²) in [5, 5.41) is 10.1. The summed E-state index contributed by atoms with van der Waals surface area (Å²) in [5.74, 6) is -1.85. The average molecular weight is 344 g/mol. The first-order valence-corrected chi connectivity index (χ1v) is 8.17. The van der Waals surface area contributed by atoms with E-state index in [-0.39, 0.29) is 18.4 Å². The fourth-order valence-electron chi connectivity index (χ4n) is 3.15. The van der Waals surface area contributed by atoms with E-state index in [1.54, 1.807) is 29.2 Å². The number of nitrogens with zero attached hydrogens (tertiary/aromatic N) is 1. The van der Waals surface area contributed by atoms with Crippen molar-refractivity contribution >= 4 is 23.5 Å². The van der Waals surface area contributed by atoms with Crippen molar-refractivity contribution in [1.29, 1.82) is 0 Å². The van der Waals surface area contributed by atoms with E-state index >= 15 is 0 Å². The second-order valence-corrected chi connectivity index (χ2v) is 6.62. The zero-order valence-electron chi connectivity index (χ0n) is 13.3. The summed E-state index contributed by atoms with van der Waals surface area (Å²) in [6.45, 7) is 2.57. The summed E-state index contributed by atoms with van der Waals surface area (Å²) in [5.41, 5.74) is 2.56. The van der Waals surface area contributed by atoms with Crippen molar-refractivity contribution in [1.82, 2.24) is 4.90 Å². The highest BCUT2D eigenvalue weighted by molar-refractivity contribution is 6.30. The normalized spacial score (nSPS) is 20.2. The van der Waals surface area contributed by atoms with Gasteiger partial charge in [0, 0.05) is 29.6 Å². The molecule has 1 fully saturated rings. The van der Waals surface area contributed by atoms with Gasteiger partial charge in [-0.15, -0.1) is 0 Å². The van der Waals surface area contributed by atoms with Crippen LogP contribution in [0.5, 0.6) is 0 Å². The number of likely N-dealkylation sites (tertiary alicyclic amines) is 1. The number of carboxylic acid groups (broad SMARTS) is 1. The van der Waals surface area contributed by atoms with Crippen LogP contribution in [-0.2, 0) is 4.79 Å². The number of rotatable bonds is 3. The monoisotopic (exact) mass is 343 g/mol. The van der Waals surface area contributed by atoms with Crippen molar-refractivity contribution in [2.24, 2.45) is 5.92 Å². The topological polar surface area (TPSA) is 57.6 Å². The molecule has 24 heavy (non-hydrogen) atoms. The lowest BCUT2D eigenvalue weighted by Crippen LogP contribution is -2.29. The van der Waals surface area contributed by atoms with Gasteiger partial charge in [0.15, 0.2) is 0 Å². The molecule has 1 N–H and O–H groups in total. The minimum atomic E-state index is -0.880. The Balaban J connectivity index is 1.84. The third-order valence-electron chi connectivity index (χ3n) is 4.52. The predicted octanol–water partition coefficient (Wildman–Crippen LogP) is 3.59. The summed E-state index contributed by atoms with van der Waals surface area (Å²) < 4.78 is 0. The van der Waals surface area contributed by atoms with Crippen LogP contribution in [-0.4, -0.2) is 35.0 Å². The number of halogens is 1. The SMILES string of the molecule is Cc1ccc(C(=O)N2C[C@@H](C(=O)O)[C@H](c3ccc(Cl)cc3)C2)cc1. The Bertz CT molecular complexity index is 755. The van der Waals surface area contributed by atoms with Gasteiger partial charge >= 0.3 is 5.97 Å². The van der Waals surface area contributed by atoms with E-state index in [1.165, 1.54) is 0 Å². The fraction of sp³-hybridized carbons (Fsp3) is 0.263. The van der Waals surface area contributed by atoms with E-state index in [4.69, 9.17) is 11.6 Å². The highest BCUT2D eigenvalue weighted by Gasteiger charge is 2.40. The molecule has 2 aromatic carbocycles. The van der Waals surface area contributed by atoms with Gasteiger partial charge in [0.2, 0.25) is 0 Å². The van der Waals surface area contributed by atoms with Gasteiger partial charge in [-0.25, -0.2) is 0 Å². The van der Waals surface area contributed by atoms with Crippen LogP contribution in [0.4, 0.5) is 0 Å². The zero-order valence-corrected chi connectivity index (χ0v) is 14.0. The Morgan fingerprint density at radius 3 is 2.25 bits per heavy atom. The summed E-state index contributed by atoms with van der Waals surface area (Å²) in [6, 6.07) is 14.5. The smallest absolute Gasteiger partial charge is 0.308 e. The van der Waals surface area contributed by atoms with Gasteiger partial charge in [-0.3, -0.25) is 9.59 Å². The molecule has 4 nitrogen and oxygen atoms in total. The first-order chi connectivity index (χ1) is 11.5. The van der Waals surface area contributed by atoms with Gasteiger partial charge in [0.25, 0.3) is 5.91 Å². The fourth-order valence-corrected chi connectivity index (χ4v) is 3.27. The van der Waals surface area contributed by atoms with Crippen molar-refractivity contribution in [2.75, 3.05) is 13.1 Å². The molecule has 1 heterocycles. The molecule has 0 saturated carbocycles. The van der Waals surface area contributed by atoms with Crippen LogP contribution in [0.25, 0.3) is 0 Å². The Labute approximate surface area is 145 Å². The third-order valence-corrected chi connectivity index (χ3v) is 4.77. The molecule has 2 aromatic rings. The number of aryl methyl sites for hydroxylation is 1. The van der Waals surface area contributed by atoms with Gasteiger partial charge in [-0.1, -0.05) is 41.4 Å². The number of carboxylic acids is 1. The van der Waals surface area contributed by atoms with Crippen LogP contribution in [0.15, 0.2) is 48.5 Å². The van der Waals surface area contributed by atoms with E-state index in [0.717, 1.165) is 11.1 Å². The number of carbonyl (C=O) groups is 2. The molecule has 5 heteroatoms. The number of aliphatic carboxylic acids is 1. The van der Waals surface area contributed by atoms with Crippen molar-refractivity contribution < 1.29 is 14.7 Å². The summed E-state index contributed by atoms with van der Waals surface area (Å²) >= 11 is 5.91. The van der Waals surface area contributed by atoms with Crippen molar-refractivity contribution in [3.8, 4) is 0 Å². The number of benzene rings is 2. The lowest BCUT2D eigenvalue weighted by molar-refractivity contribution is -0.141. The molecular weight excluding hydrogens is 326 g/mol. The van der Waals surface area contributed by atoms with Gasteiger partial charge in [0.1, 0.15) is 0 Å². The number of carbonyl (C=O) groups excluding carboxylic acids is 1. The molecule has 0 aromatic heterocycles. The molecule has 0 unspecified atom stereocenters. The summed E-state index contributed by atoms with van der Waals surface area (Å²) in [4.78, 5) is 25.9. The lowest BCUT2D eigenvalue weighted by atomic mass is 9.89. The number of hydrogen-bond acceptors (Lipinski definition) is 2. The van der Waals surface area contributed by atoms with Crippen LogP contribution in [0, 0.1) is 12.8 Å². The van der Waals surface area contributed by atoms with E-state index in [2.05, 4.69) is 0 Å². The Morgan fingerprint density at radius 1 is 1.04 bits per heavy atom. The van der Waals surface area contributed by atoms with Crippen molar-refractivity contribution in [3.05, 3.63) is 70.2 Å². The highest BCUT2D eigenvalue weighted by atomic mass is 35.5. The largest absolute Gasteiger partial charge is 0.481 e. The Kier molecular flexibility index (Phi) is 4.58. The zero-order chi connectivity index (χ0) is 17.3. The van der Waals surface area contributed by atoms with E-state index in [1.807, 2.05) is 31.2 Å². The van der Waals surface area contributed by atoms with E-state index < -0.39 is 11.9 Å². The summed E-state index contributed by atoms with van der Waals surface area (Å²) in [6.07, 6.45) is 0. The van der Waals surface area contributed by atoms with Gasteiger partial charge in [-0.2, -0.15) is 0 Å². The minimum absolute atomic E-state index is 0.127. The molecular formula is C19H18ClNO3. The van der Waals surface area contributed by atoms with E-state index in [0.29, 0.717) is 17.1 Å². The molecule has 0 radical (unpaired) electrons. The third kappa shape index (κ3) is 3.29. The van der Waals surface area contributed by atoms with Gasteiger partial charge in [0.05, 0.1) is 5.92 Å². The van der Waals surface area contributed by atoms with Crippen LogP contribution < -0.4 is 0 Å². The Morgan fingerprint density at radius 2 is 1.67 bits per heavy atom. The standard InChI is InChI=1S/C19H18ClNO3/c1-12-2-4-14(5-3-12)18(22)21-10-16(17(11-21)19(23)24)13-6-8-15(20)9-7-13/h2-9,16-17H,10-11H2,1H3,(H,23,24)/t16-,17+/m0/s1. The lowest BCUT2D eigenvalue weighted by Gasteiger charge is -2.17. The molecule has 2 atom stereocenters. The quantitative estimate of drug-likeness (QED) is 0.926. The molecule has 3 rings (SSSR count). The van der Waals surface area contributed by atoms with Gasteiger partial charge < -0.3 is 10.0 Å². The first-order valence-electron chi connectivity index (χ1n) is 7.80. The van der Waals surface area contributed by atoms with Crippen LogP contribution in [0.1, 0.15) is 27.4 Å². The average Bonchev–Trinajstić information content (AvgIpc) is 3.01. The maximum atomic E-state index is 12.7. The maximum absolute atomic E-state index is 12.7. The van der Waals surface area contributed by atoms with Crippen molar-refractivity contribution in [3.63, 3.8) is 0 Å². The first kappa shape index (κ1) is 16.5. The molecule has 0 aliphatic carbocycles. The highest BCUT2D eigenvalue weighted by Crippen LogP contribution is 2.34. The summed E-state index contributed by atoms with van der Waals surface area (Å²) in [7, 11) is 0. The van der Waals surface area contributed by atoms with Crippen LogP contribution in [0.2, 0.25) is 5.02 Å². The Hall–Kier alpha value is -2.33. The van der Waals surface area contributed by atoms with Crippen LogP contribution in [0.3, 0.4) is 0 Å². The minimum Gasteiger partial charge on any atom is -0.481 e.